The van der Waals surface area contributed by atoms with Crippen molar-refractivity contribution in [2.75, 3.05) is 27.4 Å². The average molecular weight is 445 g/mol. The van der Waals surface area contributed by atoms with Crippen LogP contribution in [0.1, 0.15) is 29.3 Å². The van der Waals surface area contributed by atoms with Crippen LogP contribution in [-0.4, -0.2) is 48.5 Å². The van der Waals surface area contributed by atoms with Crippen molar-refractivity contribution in [3.63, 3.8) is 0 Å². The molecule has 0 aliphatic rings. The largest absolute Gasteiger partial charge is 0.497 e. The Morgan fingerprint density at radius 3 is 2.42 bits per heavy atom. The van der Waals surface area contributed by atoms with Crippen molar-refractivity contribution in [3.05, 3.63) is 65.7 Å². The fourth-order valence-electron chi connectivity index (χ4n) is 3.74. The minimum atomic E-state index is -0.166. The number of pyridine rings is 1. The molecule has 2 heterocycles. The number of rotatable bonds is 9. The van der Waals surface area contributed by atoms with Crippen molar-refractivity contribution >= 4 is 16.9 Å². The molecule has 2 aromatic heterocycles. The highest BCUT2D eigenvalue weighted by atomic mass is 16.5. The second-order valence-corrected chi connectivity index (χ2v) is 7.73. The van der Waals surface area contributed by atoms with Crippen LogP contribution in [0.5, 0.6) is 5.75 Å². The Labute approximate surface area is 193 Å². The van der Waals surface area contributed by atoms with Crippen LogP contribution in [0.15, 0.2) is 54.6 Å². The Bertz CT molecular complexity index is 1230. The van der Waals surface area contributed by atoms with E-state index < -0.39 is 0 Å². The number of H-pyrrole nitrogens is 1. The highest BCUT2D eigenvalue weighted by Gasteiger charge is 2.20. The molecule has 170 valence electrons. The number of aryl methyl sites for hydroxylation is 1. The van der Waals surface area contributed by atoms with Crippen molar-refractivity contribution in [2.45, 2.75) is 19.8 Å². The fourth-order valence-corrected chi connectivity index (χ4v) is 3.74. The van der Waals surface area contributed by atoms with Crippen molar-refractivity contribution in [1.29, 1.82) is 0 Å². The van der Waals surface area contributed by atoms with Gasteiger partial charge in [0.2, 0.25) is 0 Å². The van der Waals surface area contributed by atoms with Gasteiger partial charge in [0.05, 0.1) is 29.4 Å². The lowest BCUT2D eigenvalue weighted by atomic mass is 10.0. The summed E-state index contributed by atoms with van der Waals surface area (Å²) in [7, 11) is 3.28. The van der Waals surface area contributed by atoms with Gasteiger partial charge in [-0.2, -0.15) is 5.10 Å². The maximum absolute atomic E-state index is 13.2. The zero-order valence-corrected chi connectivity index (χ0v) is 19.1. The standard InChI is InChI=1S/C26H28N4O3/c1-4-17-6-8-19(9-7-17)24-23-21(26(31)27-14-5-15-32-2)16-22(28-25(23)30-29-24)18-10-12-20(33-3)13-11-18/h6-13,16H,4-5,14-15H2,1-3H3,(H,27,31)(H,28,29,30). The fraction of sp³-hybridized carbons (Fsp3) is 0.269. The van der Waals surface area contributed by atoms with E-state index in [2.05, 4.69) is 34.6 Å². The molecular weight excluding hydrogens is 416 g/mol. The van der Waals surface area contributed by atoms with E-state index in [-0.39, 0.29) is 5.91 Å². The summed E-state index contributed by atoms with van der Waals surface area (Å²) in [6.45, 7) is 3.23. The molecule has 0 spiro atoms. The van der Waals surface area contributed by atoms with Crippen LogP contribution in [0.2, 0.25) is 0 Å². The van der Waals surface area contributed by atoms with Crippen molar-refractivity contribution in [2.24, 2.45) is 0 Å². The molecule has 0 bridgehead atoms. The number of hydrogen-bond donors (Lipinski definition) is 2. The number of carbonyl (C=O) groups excluding carboxylic acids is 1. The third-order valence-electron chi connectivity index (χ3n) is 5.62. The zero-order chi connectivity index (χ0) is 23.2. The van der Waals surface area contributed by atoms with Gasteiger partial charge in [-0.15, -0.1) is 0 Å². The second-order valence-electron chi connectivity index (χ2n) is 7.73. The van der Waals surface area contributed by atoms with Crippen LogP contribution in [0.25, 0.3) is 33.5 Å². The van der Waals surface area contributed by atoms with Gasteiger partial charge in [0.15, 0.2) is 5.65 Å². The monoisotopic (exact) mass is 444 g/mol. The maximum Gasteiger partial charge on any atom is 0.252 e. The number of carbonyl (C=O) groups is 1. The van der Waals surface area contributed by atoms with Crippen LogP contribution in [0, 0.1) is 0 Å². The van der Waals surface area contributed by atoms with Gasteiger partial charge >= 0.3 is 0 Å². The van der Waals surface area contributed by atoms with E-state index in [1.54, 1.807) is 14.2 Å². The summed E-state index contributed by atoms with van der Waals surface area (Å²) in [5.74, 6) is 0.592. The number of fused-ring (bicyclic) bond motifs is 1. The molecule has 33 heavy (non-hydrogen) atoms. The molecule has 0 atom stereocenters. The number of nitrogens with one attached hydrogen (secondary N) is 2. The van der Waals surface area contributed by atoms with E-state index >= 15 is 0 Å². The molecule has 0 aliphatic carbocycles. The van der Waals surface area contributed by atoms with Gasteiger partial charge in [-0.25, -0.2) is 4.98 Å². The maximum atomic E-state index is 13.2. The summed E-state index contributed by atoms with van der Waals surface area (Å²) in [6, 6.07) is 17.7. The predicted molar refractivity (Wildman–Crippen MR) is 130 cm³/mol. The van der Waals surface area contributed by atoms with Crippen molar-refractivity contribution in [3.8, 4) is 28.3 Å². The van der Waals surface area contributed by atoms with Gasteiger partial charge in [-0.1, -0.05) is 31.2 Å². The van der Waals surface area contributed by atoms with Gasteiger partial charge in [0.25, 0.3) is 5.91 Å². The second kappa shape index (κ2) is 10.3. The van der Waals surface area contributed by atoms with Crippen LogP contribution < -0.4 is 10.1 Å². The van der Waals surface area contributed by atoms with Crippen LogP contribution in [-0.2, 0) is 11.2 Å². The summed E-state index contributed by atoms with van der Waals surface area (Å²) < 4.78 is 10.4. The Kier molecular flexibility index (Phi) is 7.00. The lowest BCUT2D eigenvalue weighted by Crippen LogP contribution is -2.25. The number of amides is 1. The molecule has 7 nitrogen and oxygen atoms in total. The number of hydrogen-bond acceptors (Lipinski definition) is 5. The molecule has 4 rings (SSSR count). The van der Waals surface area contributed by atoms with Gasteiger partial charge in [0, 0.05) is 31.4 Å². The summed E-state index contributed by atoms with van der Waals surface area (Å²) in [5, 5.41) is 11.3. The minimum absolute atomic E-state index is 0.166. The highest BCUT2D eigenvalue weighted by molar-refractivity contribution is 6.11. The molecular formula is C26H28N4O3. The van der Waals surface area contributed by atoms with Crippen LogP contribution in [0.4, 0.5) is 0 Å². The summed E-state index contributed by atoms with van der Waals surface area (Å²) in [6.07, 6.45) is 1.70. The molecule has 0 aliphatic heterocycles. The number of aromatic nitrogens is 3. The highest BCUT2D eigenvalue weighted by Crippen LogP contribution is 2.32. The summed E-state index contributed by atoms with van der Waals surface area (Å²) >= 11 is 0. The zero-order valence-electron chi connectivity index (χ0n) is 19.1. The van der Waals surface area contributed by atoms with Crippen LogP contribution in [0.3, 0.4) is 0 Å². The molecule has 4 aromatic rings. The SMILES string of the molecule is CCc1ccc(-c2[nH]nc3nc(-c4ccc(OC)cc4)cc(C(=O)NCCCOC)c23)cc1. The van der Waals surface area contributed by atoms with Crippen LogP contribution >= 0.6 is 0 Å². The lowest BCUT2D eigenvalue weighted by Gasteiger charge is -2.10. The quantitative estimate of drug-likeness (QED) is 0.368. The molecule has 0 fully saturated rings. The van der Waals surface area contributed by atoms with Gasteiger partial charge in [-0.3, -0.25) is 9.89 Å². The molecule has 0 radical (unpaired) electrons. The van der Waals surface area contributed by atoms with E-state index in [0.717, 1.165) is 35.4 Å². The first-order valence-electron chi connectivity index (χ1n) is 11.0. The smallest absolute Gasteiger partial charge is 0.252 e. The Morgan fingerprint density at radius 2 is 1.76 bits per heavy atom. The predicted octanol–water partition coefficient (Wildman–Crippen LogP) is 4.63. The molecule has 2 aromatic carbocycles. The van der Waals surface area contributed by atoms with E-state index in [1.165, 1.54) is 5.56 Å². The molecule has 0 saturated heterocycles. The third kappa shape index (κ3) is 4.88. The first kappa shape index (κ1) is 22.5. The number of aromatic amines is 1. The van der Waals surface area contributed by atoms with Gasteiger partial charge < -0.3 is 14.8 Å². The van der Waals surface area contributed by atoms with Gasteiger partial charge in [0.1, 0.15) is 5.75 Å². The van der Waals surface area contributed by atoms with E-state index in [1.807, 2.05) is 42.5 Å². The molecule has 1 amide bonds. The van der Waals surface area contributed by atoms with E-state index in [4.69, 9.17) is 14.5 Å². The molecule has 0 unspecified atom stereocenters. The lowest BCUT2D eigenvalue weighted by molar-refractivity contribution is 0.0950. The number of methoxy groups -OCH3 is 2. The van der Waals surface area contributed by atoms with Gasteiger partial charge in [-0.05, 0) is 48.7 Å². The Hall–Kier alpha value is -3.71. The Morgan fingerprint density at radius 1 is 1.03 bits per heavy atom. The summed E-state index contributed by atoms with van der Waals surface area (Å²) in [4.78, 5) is 18.0. The molecule has 0 saturated carbocycles. The first-order valence-corrected chi connectivity index (χ1v) is 11.0. The van der Waals surface area contributed by atoms with Crippen molar-refractivity contribution in [1.82, 2.24) is 20.5 Å². The number of nitrogens with zero attached hydrogens (tertiary/aromatic N) is 2. The Balaban J connectivity index is 1.80. The summed E-state index contributed by atoms with van der Waals surface area (Å²) in [5.41, 5.74) is 5.57. The third-order valence-corrected chi connectivity index (χ3v) is 5.62. The normalized spacial score (nSPS) is 11.0. The van der Waals surface area contributed by atoms with E-state index in [0.29, 0.717) is 35.4 Å². The number of ether oxygens (including phenoxy) is 2. The molecule has 7 heteroatoms. The van der Waals surface area contributed by atoms with E-state index in [9.17, 15) is 4.79 Å². The first-order chi connectivity index (χ1) is 16.1. The molecule has 2 N–H and O–H groups in total. The van der Waals surface area contributed by atoms with Crippen molar-refractivity contribution < 1.29 is 14.3 Å². The minimum Gasteiger partial charge on any atom is -0.497 e. The topological polar surface area (TPSA) is 89.1 Å². The number of benzene rings is 2. The average Bonchev–Trinajstić information content (AvgIpc) is 3.30.